The molecule has 1 spiro atoms. The molecule has 2 heterocycles. The van der Waals surface area contributed by atoms with Crippen molar-refractivity contribution >= 4 is 23.3 Å². The standard InChI is InChI=1S/C29H40N2OS/c32-28(17-16-25-13-8-7-9-14-25)31(24-26-15-12-22-33-26)27-23-30-21-20-29(27)18-10-5-3-1-2-4-6-11-19-29/h7-9,12-17,22,27,30H,1-6,10-11,18-21,23-24H2/b17-16+. The van der Waals surface area contributed by atoms with Gasteiger partial charge in [0.15, 0.2) is 0 Å². The Morgan fingerprint density at radius 3 is 2.30 bits per heavy atom. The van der Waals surface area contributed by atoms with Crippen LogP contribution in [-0.4, -0.2) is 29.9 Å². The van der Waals surface area contributed by atoms with Gasteiger partial charge in [0, 0.05) is 17.5 Å². The first-order valence-electron chi connectivity index (χ1n) is 13.0. The van der Waals surface area contributed by atoms with Gasteiger partial charge in [0.05, 0.1) is 12.6 Å². The van der Waals surface area contributed by atoms with E-state index >= 15 is 0 Å². The molecular weight excluding hydrogens is 424 g/mol. The number of piperidine rings is 1. The van der Waals surface area contributed by atoms with E-state index in [2.05, 4.69) is 39.9 Å². The molecule has 1 aliphatic heterocycles. The monoisotopic (exact) mass is 464 g/mol. The number of rotatable bonds is 5. The van der Waals surface area contributed by atoms with E-state index in [0.717, 1.165) is 18.7 Å². The van der Waals surface area contributed by atoms with Gasteiger partial charge < -0.3 is 10.2 Å². The molecule has 1 N–H and O–H groups in total. The zero-order valence-electron chi connectivity index (χ0n) is 20.0. The molecule has 0 radical (unpaired) electrons. The fourth-order valence-corrected chi connectivity index (χ4v) is 6.57. The summed E-state index contributed by atoms with van der Waals surface area (Å²) in [5.74, 6) is 0.148. The predicted molar refractivity (Wildman–Crippen MR) is 140 cm³/mol. The SMILES string of the molecule is O=C(/C=C/c1ccccc1)N(Cc1cccs1)C1CNCCC12CCCCCCCCCC2. The summed E-state index contributed by atoms with van der Waals surface area (Å²) in [7, 11) is 0. The van der Waals surface area contributed by atoms with Crippen molar-refractivity contribution < 1.29 is 4.79 Å². The fourth-order valence-electron chi connectivity index (χ4n) is 5.86. The van der Waals surface area contributed by atoms with Crippen LogP contribution >= 0.6 is 11.3 Å². The first kappa shape index (κ1) is 24.2. The molecule has 2 fully saturated rings. The topological polar surface area (TPSA) is 32.3 Å². The van der Waals surface area contributed by atoms with E-state index in [1.807, 2.05) is 24.3 Å². The van der Waals surface area contributed by atoms with E-state index in [9.17, 15) is 4.79 Å². The van der Waals surface area contributed by atoms with E-state index in [1.54, 1.807) is 17.4 Å². The minimum absolute atomic E-state index is 0.148. The number of carbonyl (C=O) groups excluding carboxylic acids is 1. The van der Waals surface area contributed by atoms with Crippen LogP contribution in [0.1, 0.15) is 81.1 Å². The molecular formula is C29H40N2OS. The number of amides is 1. The molecule has 2 aliphatic rings. The fraction of sp³-hybridized carbons (Fsp3) is 0.552. The molecule has 1 saturated heterocycles. The molecule has 178 valence electrons. The number of nitrogens with one attached hydrogen (secondary N) is 1. The molecule has 4 rings (SSSR count). The van der Waals surface area contributed by atoms with Crippen molar-refractivity contribution in [1.29, 1.82) is 0 Å². The molecule has 1 aromatic carbocycles. The van der Waals surface area contributed by atoms with Crippen LogP contribution in [0.15, 0.2) is 53.9 Å². The van der Waals surface area contributed by atoms with Gasteiger partial charge in [-0.2, -0.15) is 0 Å². The maximum Gasteiger partial charge on any atom is 0.247 e. The summed E-state index contributed by atoms with van der Waals surface area (Å²) in [6.07, 6.45) is 18.3. The molecule has 2 aromatic rings. The Hall–Kier alpha value is -1.91. The van der Waals surface area contributed by atoms with Crippen molar-refractivity contribution in [3.8, 4) is 0 Å². The van der Waals surface area contributed by atoms with Gasteiger partial charge in [-0.25, -0.2) is 0 Å². The maximum absolute atomic E-state index is 13.7. The molecule has 1 saturated carbocycles. The Morgan fingerprint density at radius 2 is 1.64 bits per heavy atom. The Bertz CT molecular complexity index is 849. The first-order chi connectivity index (χ1) is 16.3. The third-order valence-electron chi connectivity index (χ3n) is 7.73. The summed E-state index contributed by atoms with van der Waals surface area (Å²) < 4.78 is 0. The summed E-state index contributed by atoms with van der Waals surface area (Å²) in [4.78, 5) is 17.2. The van der Waals surface area contributed by atoms with Gasteiger partial charge in [-0.05, 0) is 54.3 Å². The molecule has 4 heteroatoms. The van der Waals surface area contributed by atoms with Crippen LogP contribution in [0.5, 0.6) is 0 Å². The second kappa shape index (κ2) is 12.5. The number of benzene rings is 1. The lowest BCUT2D eigenvalue weighted by molar-refractivity contribution is -0.133. The Labute approximate surface area is 204 Å². The van der Waals surface area contributed by atoms with Gasteiger partial charge in [-0.15, -0.1) is 11.3 Å². The number of carbonyl (C=O) groups is 1. The van der Waals surface area contributed by atoms with Crippen molar-refractivity contribution in [3.05, 3.63) is 64.4 Å². The summed E-state index contributed by atoms with van der Waals surface area (Å²) in [5, 5.41) is 5.78. The van der Waals surface area contributed by atoms with Crippen LogP contribution in [0.25, 0.3) is 6.08 Å². The van der Waals surface area contributed by atoms with Crippen LogP contribution in [0.3, 0.4) is 0 Å². The number of hydrogen-bond donors (Lipinski definition) is 1. The van der Waals surface area contributed by atoms with E-state index in [-0.39, 0.29) is 17.4 Å². The van der Waals surface area contributed by atoms with Gasteiger partial charge in [-0.1, -0.05) is 87.8 Å². The van der Waals surface area contributed by atoms with Crippen LogP contribution in [0.2, 0.25) is 0 Å². The summed E-state index contributed by atoms with van der Waals surface area (Å²) in [5.41, 5.74) is 1.32. The van der Waals surface area contributed by atoms with Gasteiger partial charge in [0.25, 0.3) is 0 Å². The minimum atomic E-state index is 0.148. The zero-order valence-corrected chi connectivity index (χ0v) is 20.8. The van der Waals surface area contributed by atoms with Gasteiger partial charge >= 0.3 is 0 Å². The highest BCUT2D eigenvalue weighted by Crippen LogP contribution is 2.43. The van der Waals surface area contributed by atoms with Crippen LogP contribution < -0.4 is 5.32 Å². The van der Waals surface area contributed by atoms with Gasteiger partial charge in [0.1, 0.15) is 0 Å². The first-order valence-corrected chi connectivity index (χ1v) is 13.9. The van der Waals surface area contributed by atoms with Crippen molar-refractivity contribution in [2.75, 3.05) is 13.1 Å². The average molecular weight is 465 g/mol. The summed E-state index contributed by atoms with van der Waals surface area (Å²) >= 11 is 1.76. The maximum atomic E-state index is 13.7. The van der Waals surface area contributed by atoms with E-state index in [4.69, 9.17) is 0 Å². The second-order valence-electron chi connectivity index (χ2n) is 9.95. The quantitative estimate of drug-likeness (QED) is 0.481. The largest absolute Gasteiger partial charge is 0.329 e. The van der Waals surface area contributed by atoms with Crippen molar-refractivity contribution in [1.82, 2.24) is 10.2 Å². The highest BCUT2D eigenvalue weighted by Gasteiger charge is 2.44. The van der Waals surface area contributed by atoms with Crippen molar-refractivity contribution in [2.45, 2.75) is 83.2 Å². The second-order valence-corrected chi connectivity index (χ2v) is 11.0. The minimum Gasteiger partial charge on any atom is -0.329 e. The Kier molecular flexibility index (Phi) is 9.19. The molecule has 0 bridgehead atoms. The van der Waals surface area contributed by atoms with Crippen LogP contribution in [0, 0.1) is 5.41 Å². The molecule has 1 unspecified atom stereocenters. The van der Waals surface area contributed by atoms with E-state index in [1.165, 1.54) is 75.5 Å². The number of nitrogens with zero attached hydrogens (tertiary/aromatic N) is 1. The molecule has 33 heavy (non-hydrogen) atoms. The van der Waals surface area contributed by atoms with Crippen molar-refractivity contribution in [3.63, 3.8) is 0 Å². The summed E-state index contributed by atoms with van der Waals surface area (Å²) in [6, 6.07) is 14.7. The van der Waals surface area contributed by atoms with Gasteiger partial charge in [-0.3, -0.25) is 4.79 Å². The third-order valence-corrected chi connectivity index (χ3v) is 8.59. The van der Waals surface area contributed by atoms with Crippen LogP contribution in [-0.2, 0) is 11.3 Å². The molecule has 1 aliphatic carbocycles. The smallest absolute Gasteiger partial charge is 0.247 e. The number of hydrogen-bond acceptors (Lipinski definition) is 3. The zero-order chi connectivity index (χ0) is 22.8. The van der Waals surface area contributed by atoms with E-state index < -0.39 is 0 Å². The molecule has 3 nitrogen and oxygen atoms in total. The van der Waals surface area contributed by atoms with E-state index in [0.29, 0.717) is 6.54 Å². The molecule has 1 aromatic heterocycles. The molecule has 1 atom stereocenters. The van der Waals surface area contributed by atoms with Gasteiger partial charge in [0.2, 0.25) is 5.91 Å². The lowest BCUT2D eigenvalue weighted by Gasteiger charge is -2.50. The predicted octanol–water partition coefficient (Wildman–Crippen LogP) is 7.05. The Balaban J connectivity index is 1.60. The highest BCUT2D eigenvalue weighted by molar-refractivity contribution is 7.09. The van der Waals surface area contributed by atoms with Crippen LogP contribution in [0.4, 0.5) is 0 Å². The highest BCUT2D eigenvalue weighted by atomic mass is 32.1. The lowest BCUT2D eigenvalue weighted by Crippen LogP contribution is -2.58. The molecule has 1 amide bonds. The average Bonchev–Trinajstić information content (AvgIpc) is 3.35. The Morgan fingerprint density at radius 1 is 0.939 bits per heavy atom. The lowest BCUT2D eigenvalue weighted by atomic mass is 9.67. The third kappa shape index (κ3) is 6.80. The number of thiophene rings is 1. The van der Waals surface area contributed by atoms with Crippen molar-refractivity contribution in [2.24, 2.45) is 5.41 Å². The normalized spacial score (nSPS) is 22.1. The summed E-state index contributed by atoms with van der Waals surface area (Å²) in [6.45, 7) is 2.71.